The number of rotatable bonds is 6. The van der Waals surface area contributed by atoms with E-state index in [1.807, 2.05) is 32.0 Å². The average Bonchev–Trinajstić information content (AvgIpc) is 3.13. The minimum atomic E-state index is -0.266. The molecule has 28 heavy (non-hydrogen) atoms. The van der Waals surface area contributed by atoms with Gasteiger partial charge < -0.3 is 10.4 Å². The molecule has 0 radical (unpaired) electrons. The second-order valence-corrected chi connectivity index (χ2v) is 7.85. The van der Waals surface area contributed by atoms with Crippen molar-refractivity contribution in [3.63, 3.8) is 0 Å². The van der Waals surface area contributed by atoms with Gasteiger partial charge in [-0.05, 0) is 42.7 Å². The quantitative estimate of drug-likeness (QED) is 0.686. The average molecular weight is 379 g/mol. The summed E-state index contributed by atoms with van der Waals surface area (Å²) < 4.78 is 1.67. The largest absolute Gasteiger partial charge is 0.393 e. The summed E-state index contributed by atoms with van der Waals surface area (Å²) in [6, 6.07) is 11.8. The van der Waals surface area contributed by atoms with Gasteiger partial charge in [0.1, 0.15) is 12.0 Å². The lowest BCUT2D eigenvalue weighted by molar-refractivity contribution is 0.0239. The lowest BCUT2D eigenvalue weighted by Gasteiger charge is -2.38. The van der Waals surface area contributed by atoms with Gasteiger partial charge in [0, 0.05) is 6.04 Å². The molecule has 0 unspecified atom stereocenters. The lowest BCUT2D eigenvalue weighted by Crippen LogP contribution is -2.48. The van der Waals surface area contributed by atoms with Crippen LogP contribution in [-0.2, 0) is 6.42 Å². The van der Waals surface area contributed by atoms with E-state index < -0.39 is 0 Å². The first-order valence-corrected chi connectivity index (χ1v) is 9.74. The van der Waals surface area contributed by atoms with Gasteiger partial charge in [0.25, 0.3) is 11.7 Å². The van der Waals surface area contributed by atoms with Crippen LogP contribution in [0.2, 0.25) is 0 Å². The van der Waals surface area contributed by atoms with Gasteiger partial charge in [-0.2, -0.15) is 10.1 Å². The Morgan fingerprint density at radius 1 is 1.29 bits per heavy atom. The molecule has 0 spiro atoms. The van der Waals surface area contributed by atoms with Crippen molar-refractivity contribution >= 4 is 11.7 Å². The zero-order valence-corrected chi connectivity index (χ0v) is 16.1. The summed E-state index contributed by atoms with van der Waals surface area (Å²) in [5.74, 6) is 0.658. The Bertz CT molecular complexity index is 963. The van der Waals surface area contributed by atoms with Gasteiger partial charge in [0.15, 0.2) is 0 Å². The summed E-state index contributed by atoms with van der Waals surface area (Å²) in [6.45, 7) is 4.10. The summed E-state index contributed by atoms with van der Waals surface area (Å²) in [7, 11) is 0. The van der Waals surface area contributed by atoms with Crippen molar-refractivity contribution in [2.24, 2.45) is 5.92 Å². The highest BCUT2D eigenvalue weighted by molar-refractivity contribution is 5.93. The van der Waals surface area contributed by atoms with E-state index >= 15 is 0 Å². The maximum atomic E-state index is 13.0. The summed E-state index contributed by atoms with van der Waals surface area (Å²) >= 11 is 0. The van der Waals surface area contributed by atoms with Crippen molar-refractivity contribution in [2.45, 2.75) is 51.2 Å². The first kappa shape index (κ1) is 18.6. The minimum absolute atomic E-state index is 0.0447. The van der Waals surface area contributed by atoms with Crippen molar-refractivity contribution in [3.8, 4) is 0 Å². The molecule has 2 N–H and O–H groups in total. The molecule has 146 valence electrons. The third kappa shape index (κ3) is 3.75. The molecule has 1 atom stereocenters. The van der Waals surface area contributed by atoms with Crippen molar-refractivity contribution in [1.29, 1.82) is 0 Å². The number of carbonyl (C=O) groups excluding carboxylic acids is 1. The Balaban J connectivity index is 1.58. The maximum absolute atomic E-state index is 13.0. The molecule has 1 aliphatic carbocycles. The predicted molar refractivity (Wildman–Crippen MR) is 105 cm³/mol. The number of nitrogens with one attached hydrogen (secondary N) is 1. The number of aliphatic hydroxyl groups excluding tert-OH is 1. The van der Waals surface area contributed by atoms with Gasteiger partial charge in [-0.25, -0.2) is 9.50 Å². The molecule has 4 rings (SSSR count). The van der Waals surface area contributed by atoms with Crippen LogP contribution >= 0.6 is 0 Å². The van der Waals surface area contributed by atoms with Crippen LogP contribution < -0.4 is 5.32 Å². The second-order valence-electron chi connectivity index (χ2n) is 7.85. The van der Waals surface area contributed by atoms with E-state index in [1.165, 1.54) is 6.33 Å². The third-order valence-corrected chi connectivity index (χ3v) is 5.44. The highest BCUT2D eigenvalue weighted by atomic mass is 16.3. The maximum Gasteiger partial charge on any atom is 0.270 e. The Morgan fingerprint density at radius 2 is 2.04 bits per heavy atom. The first-order valence-electron chi connectivity index (χ1n) is 9.74. The van der Waals surface area contributed by atoms with Gasteiger partial charge in [-0.15, -0.1) is 0 Å². The Hall–Kier alpha value is -2.80. The van der Waals surface area contributed by atoms with Crippen molar-refractivity contribution in [3.05, 3.63) is 59.7 Å². The first-order chi connectivity index (χ1) is 13.5. The molecule has 1 aliphatic rings. The number of benzene rings is 1. The zero-order valence-electron chi connectivity index (χ0n) is 16.1. The number of fused-ring (bicyclic) bond motifs is 1. The van der Waals surface area contributed by atoms with E-state index in [1.54, 1.807) is 10.6 Å². The van der Waals surface area contributed by atoms with E-state index in [0.29, 0.717) is 24.3 Å². The van der Waals surface area contributed by atoms with Crippen LogP contribution in [-0.4, -0.2) is 42.7 Å². The Kier molecular flexibility index (Phi) is 5.09. The van der Waals surface area contributed by atoms with E-state index in [0.717, 1.165) is 17.7 Å². The number of carbonyl (C=O) groups is 1. The van der Waals surface area contributed by atoms with Gasteiger partial charge in [0.2, 0.25) is 0 Å². The van der Waals surface area contributed by atoms with E-state index in [9.17, 15) is 9.90 Å². The van der Waals surface area contributed by atoms with Crippen LogP contribution in [0.1, 0.15) is 54.4 Å². The molecule has 1 aromatic carbocycles. The van der Waals surface area contributed by atoms with Crippen LogP contribution in [0.4, 0.5) is 0 Å². The molecule has 2 heterocycles. The van der Waals surface area contributed by atoms with Crippen LogP contribution in [0.3, 0.4) is 0 Å². The summed E-state index contributed by atoms with van der Waals surface area (Å²) in [6.07, 6.45) is 3.34. The fourth-order valence-corrected chi connectivity index (χ4v) is 3.77. The lowest BCUT2D eigenvalue weighted by atomic mass is 9.75. The molecule has 1 fully saturated rings. The molecule has 1 saturated carbocycles. The molecule has 7 nitrogen and oxygen atoms in total. The van der Waals surface area contributed by atoms with Crippen LogP contribution in [0.25, 0.3) is 5.78 Å². The number of nitrogens with zero attached hydrogens (tertiary/aromatic N) is 4. The highest BCUT2D eigenvalue weighted by Gasteiger charge is 2.35. The number of aromatic nitrogens is 4. The van der Waals surface area contributed by atoms with Crippen LogP contribution in [0.15, 0.2) is 42.7 Å². The van der Waals surface area contributed by atoms with Gasteiger partial charge in [-0.1, -0.05) is 44.2 Å². The number of aliphatic hydroxyl groups is 1. The van der Waals surface area contributed by atoms with Crippen LogP contribution in [0, 0.1) is 5.92 Å². The van der Waals surface area contributed by atoms with Crippen molar-refractivity contribution in [1.82, 2.24) is 24.9 Å². The standard InChI is InChI=1S/C21H25N5O2/c1-13(2)19-11-18(25-21-22-12-23-26(19)21)20(28)24-17(15-9-16(27)10-15)8-14-6-4-3-5-7-14/h3-7,11-13,15-17,27H,8-10H2,1-2H3,(H,24,28)/t15?,16?,17-/m0/s1. The number of hydrogen-bond donors (Lipinski definition) is 2. The topological polar surface area (TPSA) is 92.4 Å². The van der Waals surface area contributed by atoms with Crippen LogP contribution in [0.5, 0.6) is 0 Å². The smallest absolute Gasteiger partial charge is 0.270 e. The van der Waals surface area contributed by atoms with E-state index in [-0.39, 0.29) is 29.9 Å². The zero-order chi connectivity index (χ0) is 19.7. The molecular formula is C21H25N5O2. The Labute approximate surface area is 163 Å². The van der Waals surface area contributed by atoms with Gasteiger partial charge in [-0.3, -0.25) is 4.79 Å². The summed E-state index contributed by atoms with van der Waals surface area (Å²) in [5.41, 5.74) is 2.41. The Morgan fingerprint density at radius 3 is 2.71 bits per heavy atom. The van der Waals surface area contributed by atoms with Crippen molar-refractivity contribution in [2.75, 3.05) is 0 Å². The molecule has 7 heteroatoms. The molecular weight excluding hydrogens is 354 g/mol. The number of hydrogen-bond acceptors (Lipinski definition) is 5. The second kappa shape index (κ2) is 7.67. The SMILES string of the molecule is CC(C)c1cc(C(=O)N[C@@H](Cc2ccccc2)C2CC(O)C2)nc2ncnn12. The molecule has 0 saturated heterocycles. The normalized spacial score (nSPS) is 20.1. The minimum Gasteiger partial charge on any atom is -0.393 e. The molecule has 2 aromatic heterocycles. The van der Waals surface area contributed by atoms with E-state index in [2.05, 4.69) is 32.5 Å². The highest BCUT2D eigenvalue weighted by Crippen LogP contribution is 2.32. The number of amides is 1. The molecule has 1 amide bonds. The molecule has 0 aliphatic heterocycles. The van der Waals surface area contributed by atoms with Gasteiger partial charge >= 0.3 is 0 Å². The summed E-state index contributed by atoms with van der Waals surface area (Å²) in [4.78, 5) is 21.6. The van der Waals surface area contributed by atoms with Gasteiger partial charge in [0.05, 0.1) is 11.8 Å². The predicted octanol–water partition coefficient (Wildman–Crippen LogP) is 2.36. The van der Waals surface area contributed by atoms with Crippen molar-refractivity contribution < 1.29 is 9.90 Å². The fraction of sp³-hybridized carbons (Fsp3) is 0.429. The third-order valence-electron chi connectivity index (χ3n) is 5.44. The molecule has 3 aromatic rings. The van der Waals surface area contributed by atoms with E-state index in [4.69, 9.17) is 0 Å². The summed E-state index contributed by atoms with van der Waals surface area (Å²) in [5, 5.41) is 17.1. The fourth-order valence-electron chi connectivity index (χ4n) is 3.77. The molecule has 0 bridgehead atoms. The monoisotopic (exact) mass is 379 g/mol.